The van der Waals surface area contributed by atoms with Crippen LogP contribution in [0.3, 0.4) is 0 Å². The van der Waals surface area contributed by atoms with Gasteiger partial charge in [0.1, 0.15) is 6.61 Å². The molecule has 1 aliphatic heterocycles. The van der Waals surface area contributed by atoms with Crippen molar-refractivity contribution in [2.45, 2.75) is 6.61 Å². The Hall–Kier alpha value is -1.88. The third-order valence-electron chi connectivity index (χ3n) is 2.38. The number of carbonyl (C=O) groups is 2. The minimum atomic E-state index is -0.372. The summed E-state index contributed by atoms with van der Waals surface area (Å²) in [5, 5.41) is 2.64. The summed E-state index contributed by atoms with van der Waals surface area (Å²) in [6, 6.07) is 4.96. The fourth-order valence-corrected chi connectivity index (χ4v) is 1.54. The number of esters is 1. The molecule has 0 atom stereocenters. The van der Waals surface area contributed by atoms with E-state index >= 15 is 0 Å². The van der Waals surface area contributed by atoms with Crippen LogP contribution in [0.5, 0.6) is 0 Å². The molecule has 1 aliphatic rings. The molecule has 0 bridgehead atoms. The van der Waals surface area contributed by atoms with Crippen LogP contribution in [0.15, 0.2) is 18.2 Å². The lowest BCUT2D eigenvalue weighted by Gasteiger charge is -2.04. The molecule has 84 valence electrons. The van der Waals surface area contributed by atoms with E-state index in [0.29, 0.717) is 30.8 Å². The van der Waals surface area contributed by atoms with Crippen molar-refractivity contribution in [1.29, 1.82) is 0 Å². The lowest BCUT2D eigenvalue weighted by atomic mass is 10.1. The van der Waals surface area contributed by atoms with E-state index in [-0.39, 0.29) is 11.9 Å². The van der Waals surface area contributed by atoms with E-state index in [2.05, 4.69) is 5.32 Å². The van der Waals surface area contributed by atoms with Crippen molar-refractivity contribution in [1.82, 2.24) is 5.32 Å². The van der Waals surface area contributed by atoms with Crippen LogP contribution in [0.25, 0.3) is 0 Å². The maximum atomic E-state index is 11.6. The lowest BCUT2D eigenvalue weighted by Crippen LogP contribution is -2.29. The highest BCUT2D eigenvalue weighted by Gasteiger charge is 2.22. The second-order valence-corrected chi connectivity index (χ2v) is 3.49. The number of hydrogen-bond acceptors (Lipinski definition) is 4. The van der Waals surface area contributed by atoms with Gasteiger partial charge in [0.25, 0.3) is 5.91 Å². The maximum Gasteiger partial charge on any atom is 0.338 e. The average Bonchev–Trinajstić information content (AvgIpc) is 2.67. The summed E-state index contributed by atoms with van der Waals surface area (Å²) < 4.78 is 4.85. The Morgan fingerprint density at radius 1 is 1.50 bits per heavy atom. The molecule has 5 heteroatoms. The van der Waals surface area contributed by atoms with E-state index in [1.165, 1.54) is 0 Å². The van der Waals surface area contributed by atoms with Gasteiger partial charge >= 0.3 is 5.97 Å². The number of nitrogens with one attached hydrogen (secondary N) is 1. The highest BCUT2D eigenvalue weighted by molar-refractivity contribution is 5.99. The Kier molecular flexibility index (Phi) is 2.87. The van der Waals surface area contributed by atoms with Crippen molar-refractivity contribution >= 4 is 11.9 Å². The van der Waals surface area contributed by atoms with Gasteiger partial charge in [-0.2, -0.15) is 0 Å². The first-order valence-corrected chi connectivity index (χ1v) is 5.00. The molecule has 0 aromatic heterocycles. The Bertz CT molecular complexity index is 443. The molecule has 0 saturated heterocycles. The first kappa shape index (κ1) is 10.6. The van der Waals surface area contributed by atoms with Crippen LogP contribution >= 0.6 is 0 Å². The van der Waals surface area contributed by atoms with Gasteiger partial charge in [0.2, 0.25) is 0 Å². The second kappa shape index (κ2) is 4.32. The monoisotopic (exact) mass is 220 g/mol. The third-order valence-corrected chi connectivity index (χ3v) is 2.38. The molecule has 1 aromatic carbocycles. The number of amides is 1. The van der Waals surface area contributed by atoms with E-state index in [1.807, 2.05) is 0 Å². The highest BCUT2D eigenvalue weighted by Crippen LogP contribution is 2.20. The molecular formula is C11H12N2O3. The van der Waals surface area contributed by atoms with Gasteiger partial charge < -0.3 is 15.8 Å². The van der Waals surface area contributed by atoms with E-state index in [0.717, 1.165) is 5.56 Å². The fourth-order valence-electron chi connectivity index (χ4n) is 1.54. The number of benzene rings is 1. The van der Waals surface area contributed by atoms with Crippen LogP contribution < -0.4 is 11.1 Å². The molecule has 0 saturated carbocycles. The van der Waals surface area contributed by atoms with Gasteiger partial charge in [-0.1, -0.05) is 6.07 Å². The van der Waals surface area contributed by atoms with Gasteiger partial charge in [-0.25, -0.2) is 4.79 Å². The van der Waals surface area contributed by atoms with Crippen LogP contribution in [0.2, 0.25) is 0 Å². The van der Waals surface area contributed by atoms with Gasteiger partial charge in [-0.05, 0) is 12.1 Å². The normalized spacial score (nSPS) is 13.2. The van der Waals surface area contributed by atoms with Gasteiger partial charge in [-0.15, -0.1) is 0 Å². The standard InChI is InChI=1S/C11H12N2O3/c12-3-4-13-10(14)7-1-2-8-6-16-11(15)9(8)5-7/h1-2,5H,3-4,6,12H2,(H,13,14). The largest absolute Gasteiger partial charge is 0.457 e. The van der Waals surface area contributed by atoms with Crippen LogP contribution in [0.1, 0.15) is 26.3 Å². The number of hydrogen-bond donors (Lipinski definition) is 2. The highest BCUT2D eigenvalue weighted by atomic mass is 16.5. The van der Waals surface area contributed by atoms with Crippen LogP contribution in [0, 0.1) is 0 Å². The summed E-state index contributed by atoms with van der Waals surface area (Å²) in [6.07, 6.45) is 0. The second-order valence-electron chi connectivity index (χ2n) is 3.49. The SMILES string of the molecule is NCCNC(=O)c1ccc2c(c1)C(=O)OC2. The molecule has 0 spiro atoms. The summed E-state index contributed by atoms with van der Waals surface area (Å²) in [6.45, 7) is 1.10. The first-order valence-electron chi connectivity index (χ1n) is 5.00. The Labute approximate surface area is 92.6 Å². The van der Waals surface area contributed by atoms with E-state index < -0.39 is 0 Å². The zero-order chi connectivity index (χ0) is 11.5. The van der Waals surface area contributed by atoms with Gasteiger partial charge in [-0.3, -0.25) is 4.79 Å². The number of ether oxygens (including phenoxy) is 1. The molecule has 0 unspecified atom stereocenters. The molecule has 2 rings (SSSR count). The van der Waals surface area contributed by atoms with Crippen molar-refractivity contribution in [3.8, 4) is 0 Å². The average molecular weight is 220 g/mol. The Morgan fingerprint density at radius 2 is 2.31 bits per heavy atom. The van der Waals surface area contributed by atoms with E-state index in [1.54, 1.807) is 18.2 Å². The Morgan fingerprint density at radius 3 is 3.06 bits per heavy atom. The Balaban J connectivity index is 2.21. The molecule has 16 heavy (non-hydrogen) atoms. The summed E-state index contributed by atoms with van der Waals surface area (Å²) in [5.41, 5.74) is 7.02. The zero-order valence-electron chi connectivity index (χ0n) is 8.66. The van der Waals surface area contributed by atoms with Crippen molar-refractivity contribution < 1.29 is 14.3 Å². The van der Waals surface area contributed by atoms with Gasteiger partial charge in [0.05, 0.1) is 5.56 Å². The maximum absolute atomic E-state index is 11.6. The zero-order valence-corrected chi connectivity index (χ0v) is 8.66. The number of fused-ring (bicyclic) bond motifs is 1. The van der Waals surface area contributed by atoms with Crippen molar-refractivity contribution in [2.75, 3.05) is 13.1 Å². The molecule has 5 nitrogen and oxygen atoms in total. The number of nitrogens with two attached hydrogens (primary N) is 1. The molecule has 1 amide bonds. The summed E-state index contributed by atoms with van der Waals surface area (Å²) in [5.74, 6) is -0.601. The predicted octanol–water partition coefficient (Wildman–Crippen LogP) is 0.0455. The fraction of sp³-hybridized carbons (Fsp3) is 0.273. The smallest absolute Gasteiger partial charge is 0.338 e. The summed E-state index contributed by atoms with van der Waals surface area (Å²) in [4.78, 5) is 22.9. The van der Waals surface area contributed by atoms with Crippen LogP contribution in [-0.4, -0.2) is 25.0 Å². The lowest BCUT2D eigenvalue weighted by molar-refractivity contribution is 0.0535. The van der Waals surface area contributed by atoms with E-state index in [9.17, 15) is 9.59 Å². The number of rotatable bonds is 3. The van der Waals surface area contributed by atoms with Gasteiger partial charge in [0.15, 0.2) is 0 Å². The van der Waals surface area contributed by atoms with E-state index in [4.69, 9.17) is 10.5 Å². The minimum Gasteiger partial charge on any atom is -0.457 e. The molecule has 3 N–H and O–H groups in total. The van der Waals surface area contributed by atoms with Crippen molar-refractivity contribution in [3.63, 3.8) is 0 Å². The molecule has 0 aliphatic carbocycles. The number of carbonyl (C=O) groups excluding carboxylic acids is 2. The molecule has 1 aromatic rings. The molecule has 0 radical (unpaired) electrons. The minimum absolute atomic E-state index is 0.229. The van der Waals surface area contributed by atoms with Crippen LogP contribution in [0.4, 0.5) is 0 Å². The first-order chi connectivity index (χ1) is 7.72. The van der Waals surface area contributed by atoms with Crippen LogP contribution in [-0.2, 0) is 11.3 Å². The quantitative estimate of drug-likeness (QED) is 0.705. The van der Waals surface area contributed by atoms with Crippen molar-refractivity contribution in [2.24, 2.45) is 5.73 Å². The summed E-state index contributed by atoms with van der Waals surface area (Å²) >= 11 is 0. The third kappa shape index (κ3) is 1.90. The predicted molar refractivity (Wildman–Crippen MR) is 56.9 cm³/mol. The molecular weight excluding hydrogens is 208 g/mol. The molecule has 1 heterocycles. The summed E-state index contributed by atoms with van der Waals surface area (Å²) in [7, 11) is 0. The number of cyclic esters (lactones) is 1. The topological polar surface area (TPSA) is 81.4 Å². The van der Waals surface area contributed by atoms with Gasteiger partial charge in [0, 0.05) is 24.2 Å². The molecule has 0 fully saturated rings. The van der Waals surface area contributed by atoms with Crippen molar-refractivity contribution in [3.05, 3.63) is 34.9 Å².